The van der Waals surface area contributed by atoms with E-state index in [1.54, 1.807) is 24.3 Å². The number of hydrogen-bond donors (Lipinski definition) is 2. The molecule has 170 valence electrons. The van der Waals surface area contributed by atoms with Crippen LogP contribution in [-0.2, 0) is 14.8 Å². The number of carbonyl (C=O) groups excluding carboxylic acids is 1. The van der Waals surface area contributed by atoms with Crippen LogP contribution in [0.2, 0.25) is 0 Å². The zero-order chi connectivity index (χ0) is 23.5. The maximum atomic E-state index is 13.3. The molecule has 0 bridgehead atoms. The van der Waals surface area contributed by atoms with Crippen LogP contribution in [0.15, 0.2) is 71.2 Å². The van der Waals surface area contributed by atoms with Crippen LogP contribution in [0.1, 0.15) is 35.4 Å². The minimum atomic E-state index is -4.46. The van der Waals surface area contributed by atoms with Crippen molar-refractivity contribution in [2.45, 2.75) is 36.8 Å². The van der Waals surface area contributed by atoms with E-state index in [9.17, 15) is 26.4 Å². The third kappa shape index (κ3) is 5.46. The van der Waals surface area contributed by atoms with Crippen molar-refractivity contribution in [3.8, 4) is 0 Å². The second kappa shape index (κ2) is 9.30. The van der Waals surface area contributed by atoms with Crippen molar-refractivity contribution < 1.29 is 26.4 Å². The van der Waals surface area contributed by atoms with E-state index >= 15 is 0 Å². The Labute approximate surface area is 184 Å². The summed E-state index contributed by atoms with van der Waals surface area (Å²) in [7, 11) is -4.06. The molecule has 2 aromatic rings. The lowest BCUT2D eigenvalue weighted by Gasteiger charge is -2.26. The molecule has 0 aromatic heterocycles. The number of aryl methyl sites for hydroxylation is 1. The number of nitrogens with two attached hydrogens (primary N) is 1. The predicted molar refractivity (Wildman–Crippen MR) is 116 cm³/mol. The van der Waals surface area contributed by atoms with E-state index in [0.29, 0.717) is 16.7 Å². The highest BCUT2D eigenvalue weighted by molar-refractivity contribution is 7.90. The Kier molecular flexibility index (Phi) is 6.90. The molecule has 0 saturated heterocycles. The number of benzene rings is 2. The van der Waals surface area contributed by atoms with Crippen LogP contribution >= 0.6 is 0 Å². The van der Waals surface area contributed by atoms with Gasteiger partial charge in [-0.05, 0) is 48.3 Å². The van der Waals surface area contributed by atoms with Gasteiger partial charge >= 0.3 is 6.18 Å². The first-order valence-electron chi connectivity index (χ1n) is 9.93. The summed E-state index contributed by atoms with van der Waals surface area (Å²) in [6, 6.07) is 13.0. The summed E-state index contributed by atoms with van der Waals surface area (Å²) < 4.78 is 66.7. The van der Waals surface area contributed by atoms with E-state index in [1.165, 1.54) is 12.1 Å². The smallest absolute Gasteiger partial charge is 0.330 e. The van der Waals surface area contributed by atoms with Crippen molar-refractivity contribution >= 4 is 21.5 Å². The van der Waals surface area contributed by atoms with Gasteiger partial charge in [0.25, 0.3) is 10.0 Å². The van der Waals surface area contributed by atoms with Crippen molar-refractivity contribution in [1.29, 1.82) is 0 Å². The predicted octanol–water partition coefficient (Wildman–Crippen LogP) is 4.21. The molecule has 1 amide bonds. The van der Waals surface area contributed by atoms with E-state index in [0.717, 1.165) is 17.7 Å². The number of rotatable bonds is 6. The normalized spacial score (nSPS) is 16.8. The molecular weight excluding hydrogens is 441 g/mol. The van der Waals surface area contributed by atoms with Gasteiger partial charge in [0.15, 0.2) is 0 Å². The molecule has 1 atom stereocenters. The Hall–Kier alpha value is -2.91. The quantitative estimate of drug-likeness (QED) is 0.670. The van der Waals surface area contributed by atoms with E-state index in [-0.39, 0.29) is 30.2 Å². The molecule has 1 unspecified atom stereocenters. The fraction of sp³-hybridized carbons (Fsp3) is 0.261. The van der Waals surface area contributed by atoms with Gasteiger partial charge in [0, 0.05) is 18.9 Å². The van der Waals surface area contributed by atoms with Crippen LogP contribution in [0.5, 0.6) is 0 Å². The SMILES string of the molecule is Cc1ccc(C2=CC(C(F)(F)F)=CCC2c2ccc(S(=O)(=O)NC(=O)CCN)cc2)cc1. The fourth-order valence-electron chi connectivity index (χ4n) is 3.51. The van der Waals surface area contributed by atoms with Crippen LogP contribution in [-0.4, -0.2) is 27.0 Å². The maximum Gasteiger partial charge on any atom is 0.416 e. The summed E-state index contributed by atoms with van der Waals surface area (Å²) >= 11 is 0. The average Bonchev–Trinajstić information content (AvgIpc) is 2.73. The van der Waals surface area contributed by atoms with Gasteiger partial charge in [0.05, 0.1) is 10.5 Å². The van der Waals surface area contributed by atoms with E-state index in [4.69, 9.17) is 5.73 Å². The van der Waals surface area contributed by atoms with Gasteiger partial charge in [0.1, 0.15) is 0 Å². The Bertz CT molecular complexity index is 1150. The number of sulfonamides is 1. The first-order valence-corrected chi connectivity index (χ1v) is 11.4. The number of amides is 1. The molecular formula is C23H23F3N2O3S. The van der Waals surface area contributed by atoms with Crippen LogP contribution in [0.3, 0.4) is 0 Å². The van der Waals surface area contributed by atoms with Gasteiger partial charge in [0.2, 0.25) is 5.91 Å². The van der Waals surface area contributed by atoms with Gasteiger partial charge in [-0.25, -0.2) is 13.1 Å². The highest BCUT2D eigenvalue weighted by Gasteiger charge is 2.35. The second-order valence-electron chi connectivity index (χ2n) is 7.55. The maximum absolute atomic E-state index is 13.3. The fourth-order valence-corrected chi connectivity index (χ4v) is 4.53. The molecule has 0 heterocycles. The molecule has 0 spiro atoms. The lowest BCUT2D eigenvalue weighted by Crippen LogP contribution is -2.31. The molecule has 0 aliphatic heterocycles. The molecule has 3 rings (SSSR count). The van der Waals surface area contributed by atoms with Gasteiger partial charge in [-0.1, -0.05) is 48.0 Å². The number of carbonyl (C=O) groups is 1. The summed E-state index contributed by atoms with van der Waals surface area (Å²) in [5.41, 5.74) is 7.38. The van der Waals surface area contributed by atoms with E-state index < -0.39 is 27.7 Å². The van der Waals surface area contributed by atoms with Crippen LogP contribution in [0.25, 0.3) is 5.57 Å². The van der Waals surface area contributed by atoms with Crippen LogP contribution < -0.4 is 10.5 Å². The summed E-state index contributed by atoms with van der Waals surface area (Å²) in [4.78, 5) is 11.5. The Morgan fingerprint density at radius 1 is 1.09 bits per heavy atom. The molecule has 1 aliphatic rings. The molecule has 0 fully saturated rings. The number of allylic oxidation sites excluding steroid dienone is 4. The number of hydrogen-bond acceptors (Lipinski definition) is 4. The lowest BCUT2D eigenvalue weighted by atomic mass is 9.80. The first-order chi connectivity index (χ1) is 15.0. The monoisotopic (exact) mass is 464 g/mol. The summed E-state index contributed by atoms with van der Waals surface area (Å²) in [5.74, 6) is -1.09. The molecule has 3 N–H and O–H groups in total. The van der Waals surface area contributed by atoms with Crippen molar-refractivity contribution in [2.75, 3.05) is 6.54 Å². The second-order valence-corrected chi connectivity index (χ2v) is 9.23. The van der Waals surface area contributed by atoms with E-state index in [2.05, 4.69) is 0 Å². The molecule has 5 nitrogen and oxygen atoms in total. The molecule has 9 heteroatoms. The first kappa shape index (κ1) is 23.7. The van der Waals surface area contributed by atoms with Crippen LogP contribution in [0, 0.1) is 6.92 Å². The summed E-state index contributed by atoms with van der Waals surface area (Å²) in [6.07, 6.45) is -2.16. The minimum Gasteiger partial charge on any atom is -0.330 e. The third-order valence-electron chi connectivity index (χ3n) is 5.18. The van der Waals surface area contributed by atoms with Crippen molar-refractivity contribution in [2.24, 2.45) is 5.73 Å². The lowest BCUT2D eigenvalue weighted by molar-refractivity contribution is -0.119. The van der Waals surface area contributed by atoms with Crippen molar-refractivity contribution in [3.05, 3.63) is 82.9 Å². The summed E-state index contributed by atoms with van der Waals surface area (Å²) in [6.45, 7) is 1.91. The molecule has 0 saturated carbocycles. The van der Waals surface area contributed by atoms with Gasteiger partial charge < -0.3 is 5.73 Å². The number of nitrogens with one attached hydrogen (secondary N) is 1. The topological polar surface area (TPSA) is 89.3 Å². The minimum absolute atomic E-state index is 0.0174. The Morgan fingerprint density at radius 2 is 1.72 bits per heavy atom. The van der Waals surface area contributed by atoms with Gasteiger partial charge in [-0.15, -0.1) is 0 Å². The van der Waals surface area contributed by atoms with Crippen molar-refractivity contribution in [1.82, 2.24) is 4.72 Å². The third-order valence-corrected chi connectivity index (χ3v) is 6.57. The largest absolute Gasteiger partial charge is 0.416 e. The van der Waals surface area contributed by atoms with E-state index in [1.807, 2.05) is 23.8 Å². The van der Waals surface area contributed by atoms with Gasteiger partial charge in [-0.2, -0.15) is 13.2 Å². The molecule has 32 heavy (non-hydrogen) atoms. The summed E-state index contributed by atoms with van der Waals surface area (Å²) in [5, 5.41) is 0. The van der Waals surface area contributed by atoms with Crippen molar-refractivity contribution in [3.63, 3.8) is 0 Å². The zero-order valence-electron chi connectivity index (χ0n) is 17.3. The molecule has 1 aliphatic carbocycles. The number of halogens is 3. The average molecular weight is 465 g/mol. The Balaban J connectivity index is 1.94. The highest BCUT2D eigenvalue weighted by Crippen LogP contribution is 2.43. The zero-order valence-corrected chi connectivity index (χ0v) is 18.1. The highest BCUT2D eigenvalue weighted by atomic mass is 32.2. The number of alkyl halides is 3. The van der Waals surface area contributed by atoms with Crippen LogP contribution in [0.4, 0.5) is 13.2 Å². The Morgan fingerprint density at radius 3 is 2.28 bits per heavy atom. The molecule has 2 aromatic carbocycles. The molecule has 0 radical (unpaired) electrons. The standard InChI is InChI=1S/C23H23F3N2O3S/c1-15-2-4-17(5-3-15)21-14-18(23(24,25)26)8-11-20(21)16-6-9-19(10-7-16)32(30,31)28-22(29)12-13-27/h2-10,14,20H,11-13,27H2,1H3,(H,28,29). The van der Waals surface area contributed by atoms with Gasteiger partial charge in [-0.3, -0.25) is 4.79 Å².